The van der Waals surface area contributed by atoms with Crippen LogP contribution in [0, 0.1) is 17.8 Å². The summed E-state index contributed by atoms with van der Waals surface area (Å²) < 4.78 is 5.33. The molecule has 26 heavy (non-hydrogen) atoms. The van der Waals surface area contributed by atoms with E-state index in [2.05, 4.69) is 34.0 Å². The summed E-state index contributed by atoms with van der Waals surface area (Å²) in [6.07, 6.45) is 5.06. The molecule has 0 radical (unpaired) electrons. The highest BCUT2D eigenvalue weighted by molar-refractivity contribution is 5.97. The summed E-state index contributed by atoms with van der Waals surface area (Å²) in [5, 5.41) is 12.4. The van der Waals surface area contributed by atoms with Crippen molar-refractivity contribution in [3.63, 3.8) is 0 Å². The number of hydrogen-bond acceptors (Lipinski definition) is 5. The van der Waals surface area contributed by atoms with E-state index in [0.717, 1.165) is 25.9 Å². The molecular formula is C19H19N3O4. The van der Waals surface area contributed by atoms with Gasteiger partial charge in [-0.3, -0.25) is 9.69 Å². The van der Waals surface area contributed by atoms with Crippen LogP contribution in [0.25, 0.3) is 11.0 Å². The third-order valence-corrected chi connectivity index (χ3v) is 5.47. The van der Waals surface area contributed by atoms with Crippen molar-refractivity contribution in [3.8, 4) is 11.8 Å². The zero-order chi connectivity index (χ0) is 18.3. The fraction of sp³-hybridized carbons (Fsp3) is 0.421. The number of aliphatic carboxylic acids is 1. The monoisotopic (exact) mass is 353 g/mol. The normalized spacial score (nSPS) is 27.0. The largest absolute Gasteiger partial charge is 0.472 e. The van der Waals surface area contributed by atoms with E-state index < -0.39 is 5.97 Å². The molecule has 2 atom stereocenters. The number of furan rings is 1. The maximum absolute atomic E-state index is 12.7. The predicted octanol–water partition coefficient (Wildman–Crippen LogP) is 1.48. The maximum Gasteiger partial charge on any atom is 0.382 e. The average molecular weight is 353 g/mol. The highest BCUT2D eigenvalue weighted by Crippen LogP contribution is 2.32. The number of nitrogens with zero attached hydrogens (tertiary/aromatic N) is 2. The third-order valence-electron chi connectivity index (χ3n) is 5.47. The highest BCUT2D eigenvalue weighted by Gasteiger charge is 2.40. The first-order valence-corrected chi connectivity index (χ1v) is 8.70. The molecule has 134 valence electrons. The molecule has 0 aromatic carbocycles. The fourth-order valence-corrected chi connectivity index (χ4v) is 4.05. The Balaban J connectivity index is 1.58. The van der Waals surface area contributed by atoms with Crippen molar-refractivity contribution in [2.45, 2.75) is 31.8 Å². The van der Waals surface area contributed by atoms with E-state index in [1.807, 2.05) is 0 Å². The number of carbonyl (C=O) groups excluding carboxylic acids is 1. The Labute approximate surface area is 150 Å². The Kier molecular flexibility index (Phi) is 4.13. The molecule has 3 aliphatic heterocycles. The summed E-state index contributed by atoms with van der Waals surface area (Å²) in [6.45, 7) is 4.36. The Morgan fingerprint density at radius 3 is 2.85 bits per heavy atom. The van der Waals surface area contributed by atoms with Gasteiger partial charge in [0.1, 0.15) is 12.0 Å². The topological polar surface area (TPSA) is 95.7 Å². The molecule has 0 saturated carbocycles. The van der Waals surface area contributed by atoms with Crippen molar-refractivity contribution in [2.24, 2.45) is 5.92 Å². The molecule has 5 rings (SSSR count). The van der Waals surface area contributed by atoms with Gasteiger partial charge in [-0.15, -0.1) is 0 Å². The minimum Gasteiger partial charge on any atom is -0.472 e. The van der Waals surface area contributed by atoms with E-state index >= 15 is 0 Å². The lowest BCUT2D eigenvalue weighted by molar-refractivity contribution is -0.130. The molecule has 1 amide bonds. The first-order valence-electron chi connectivity index (χ1n) is 8.70. The summed E-state index contributed by atoms with van der Waals surface area (Å²) in [4.78, 5) is 30.0. The van der Waals surface area contributed by atoms with Crippen molar-refractivity contribution in [2.75, 3.05) is 13.1 Å². The van der Waals surface area contributed by atoms with E-state index in [4.69, 9.17) is 9.52 Å². The molecule has 3 aliphatic rings. The van der Waals surface area contributed by atoms with E-state index in [1.54, 1.807) is 6.07 Å². The summed E-state index contributed by atoms with van der Waals surface area (Å²) in [5.41, 5.74) is 1.17. The van der Waals surface area contributed by atoms with E-state index in [0.29, 0.717) is 28.5 Å². The van der Waals surface area contributed by atoms with Gasteiger partial charge in [-0.25, -0.2) is 9.78 Å². The van der Waals surface area contributed by atoms with Crippen LogP contribution in [0.3, 0.4) is 0 Å². The smallest absolute Gasteiger partial charge is 0.382 e. The molecule has 2 bridgehead atoms. The number of aromatic nitrogens is 1. The molecule has 2 aromatic heterocycles. The van der Waals surface area contributed by atoms with Crippen LogP contribution in [0.2, 0.25) is 0 Å². The van der Waals surface area contributed by atoms with Crippen LogP contribution in [0.15, 0.2) is 22.9 Å². The zero-order valence-corrected chi connectivity index (χ0v) is 14.4. The number of rotatable bonds is 2. The highest BCUT2D eigenvalue weighted by atomic mass is 16.4. The number of carboxylic acid groups (broad SMARTS) is 1. The van der Waals surface area contributed by atoms with Crippen LogP contribution < -0.4 is 5.32 Å². The van der Waals surface area contributed by atoms with Gasteiger partial charge in [-0.2, -0.15) is 0 Å². The van der Waals surface area contributed by atoms with Gasteiger partial charge < -0.3 is 14.8 Å². The number of carbonyl (C=O) groups is 2. The van der Waals surface area contributed by atoms with Gasteiger partial charge in [0, 0.05) is 23.4 Å². The summed E-state index contributed by atoms with van der Waals surface area (Å²) >= 11 is 0. The van der Waals surface area contributed by atoms with Crippen LogP contribution >= 0.6 is 0 Å². The Bertz CT molecular complexity index is 929. The molecule has 7 nitrogen and oxygen atoms in total. The summed E-state index contributed by atoms with van der Waals surface area (Å²) in [5.74, 6) is 3.66. The minimum absolute atomic E-state index is 0.123. The van der Waals surface area contributed by atoms with Gasteiger partial charge in [-0.1, -0.05) is 5.92 Å². The molecule has 5 heterocycles. The van der Waals surface area contributed by atoms with Crippen molar-refractivity contribution >= 4 is 22.8 Å². The molecule has 0 unspecified atom stereocenters. The first kappa shape index (κ1) is 16.6. The van der Waals surface area contributed by atoms with Gasteiger partial charge in [0.05, 0.1) is 11.8 Å². The summed E-state index contributed by atoms with van der Waals surface area (Å²) in [7, 11) is 0. The lowest BCUT2D eigenvalue weighted by Gasteiger charge is -2.49. The number of hydrogen-bond donors (Lipinski definition) is 2. The van der Waals surface area contributed by atoms with Gasteiger partial charge >= 0.3 is 5.97 Å². The van der Waals surface area contributed by atoms with E-state index in [1.165, 1.54) is 12.5 Å². The second-order valence-corrected chi connectivity index (χ2v) is 6.88. The zero-order valence-electron chi connectivity index (χ0n) is 14.4. The molecular weight excluding hydrogens is 334 g/mol. The quantitative estimate of drug-likeness (QED) is 0.794. The van der Waals surface area contributed by atoms with Crippen LogP contribution in [0.4, 0.5) is 0 Å². The number of piperidine rings is 3. The predicted molar refractivity (Wildman–Crippen MR) is 93.5 cm³/mol. The van der Waals surface area contributed by atoms with Crippen LogP contribution in [-0.4, -0.2) is 52.0 Å². The Morgan fingerprint density at radius 2 is 2.15 bits per heavy atom. The number of nitrogens with one attached hydrogen (secondary N) is 1. The standard InChI is InChI=1S/C19H19N3O4/c1-11-18(12-4-6-22(11)7-5-12)21-19(25)15-8-14-13(2-3-17(23)24)10-26-16(14)9-20-15/h8-12,18H,4-7H2,1H3,(H,21,25)(H,23,24)/t11-,18-/m0/s1. The van der Waals surface area contributed by atoms with Gasteiger partial charge in [0.15, 0.2) is 5.58 Å². The first-order chi connectivity index (χ1) is 12.5. The van der Waals surface area contributed by atoms with Crippen molar-refractivity contribution in [1.82, 2.24) is 15.2 Å². The van der Waals surface area contributed by atoms with Crippen LogP contribution in [0.5, 0.6) is 0 Å². The lowest BCUT2D eigenvalue weighted by Crippen LogP contribution is -2.62. The Hall–Kier alpha value is -2.85. The number of carboxylic acids is 1. The molecule has 2 aromatic rings. The molecule has 7 heteroatoms. The van der Waals surface area contributed by atoms with E-state index in [9.17, 15) is 9.59 Å². The SMILES string of the molecule is C[C@H]1[C@H](NC(=O)c2cc3c(C#CC(=O)O)coc3cn2)C2CCN1CC2. The van der Waals surface area contributed by atoms with Crippen LogP contribution in [0.1, 0.15) is 35.8 Å². The van der Waals surface area contributed by atoms with Gasteiger partial charge in [-0.05, 0) is 44.8 Å². The van der Waals surface area contributed by atoms with Crippen LogP contribution in [-0.2, 0) is 4.79 Å². The van der Waals surface area contributed by atoms with Gasteiger partial charge in [0.25, 0.3) is 5.91 Å². The molecule has 3 saturated heterocycles. The van der Waals surface area contributed by atoms with E-state index in [-0.39, 0.29) is 17.6 Å². The minimum atomic E-state index is -1.22. The van der Waals surface area contributed by atoms with Crippen molar-refractivity contribution in [3.05, 3.63) is 29.8 Å². The number of amides is 1. The van der Waals surface area contributed by atoms with Crippen molar-refractivity contribution in [1.29, 1.82) is 0 Å². The molecule has 2 N–H and O–H groups in total. The average Bonchev–Trinajstić information content (AvgIpc) is 3.05. The van der Waals surface area contributed by atoms with Crippen molar-refractivity contribution < 1.29 is 19.1 Å². The molecule has 0 spiro atoms. The molecule has 0 aliphatic carbocycles. The lowest BCUT2D eigenvalue weighted by atomic mass is 9.79. The Morgan fingerprint density at radius 1 is 1.38 bits per heavy atom. The summed E-state index contributed by atoms with van der Waals surface area (Å²) in [6, 6.07) is 2.05. The number of fused-ring (bicyclic) bond motifs is 4. The maximum atomic E-state index is 12.7. The second-order valence-electron chi connectivity index (χ2n) is 6.88. The molecule has 3 fully saturated rings. The second kappa shape index (κ2) is 6.46. The fourth-order valence-electron chi connectivity index (χ4n) is 4.05. The third kappa shape index (κ3) is 2.93. The van der Waals surface area contributed by atoms with Gasteiger partial charge in [0.2, 0.25) is 0 Å². The number of pyridine rings is 1.